The maximum Gasteiger partial charge on any atom is 0.165 e. The van der Waals surface area contributed by atoms with E-state index in [-0.39, 0.29) is 12.4 Å². The van der Waals surface area contributed by atoms with Crippen molar-refractivity contribution >= 4 is 0 Å². The number of unbranched alkanes of at least 4 members (excludes halogenated alkanes) is 5. The van der Waals surface area contributed by atoms with Gasteiger partial charge in [-0.3, -0.25) is 0 Å². The molecule has 6 heteroatoms. The first kappa shape index (κ1) is 20.4. The van der Waals surface area contributed by atoms with Gasteiger partial charge in [-0.1, -0.05) is 39.0 Å². The third kappa shape index (κ3) is 5.54. The Balaban J connectivity index is 1.91. The molecule has 0 unspecified atom stereocenters. The number of ether oxygens (including phenoxy) is 1. The van der Waals surface area contributed by atoms with Gasteiger partial charge in [0.15, 0.2) is 11.6 Å². The third-order valence-electron chi connectivity index (χ3n) is 4.43. The van der Waals surface area contributed by atoms with Gasteiger partial charge < -0.3 is 20.6 Å². The molecule has 0 saturated heterocycles. The smallest absolute Gasteiger partial charge is 0.165 e. The molecule has 1 aromatic heterocycles. The summed E-state index contributed by atoms with van der Waals surface area (Å²) in [6, 6.07) is 4.81. The van der Waals surface area contributed by atoms with E-state index < -0.39 is 11.4 Å². The average Bonchev–Trinajstić information content (AvgIpc) is 3.13. The number of aliphatic hydroxyl groups is 1. The Hall–Kier alpha value is -1.92. The van der Waals surface area contributed by atoms with Crippen LogP contribution in [0.2, 0.25) is 0 Å². The van der Waals surface area contributed by atoms with Gasteiger partial charge in [-0.2, -0.15) is 0 Å². The standard InChI is InChI=1S/C20H30FN3O2/c1-3-4-5-6-7-8-11-26-18-10-9-15(12-16(18)21)17-13-23-19(24-17)20(2,22)14-25/h9-10,12-13,25H,3-8,11,14,22H2,1-2H3,(H,23,24)/t20-/m0/s1. The van der Waals surface area contributed by atoms with Crippen LogP contribution in [-0.4, -0.2) is 28.3 Å². The minimum Gasteiger partial charge on any atom is -0.491 e. The quantitative estimate of drug-likeness (QED) is 0.524. The Kier molecular flexibility index (Phi) is 7.60. The van der Waals surface area contributed by atoms with Gasteiger partial charge in [0.25, 0.3) is 0 Å². The summed E-state index contributed by atoms with van der Waals surface area (Å²) >= 11 is 0. The van der Waals surface area contributed by atoms with Gasteiger partial charge in [0.1, 0.15) is 5.82 Å². The largest absolute Gasteiger partial charge is 0.491 e. The number of imidazole rings is 1. The van der Waals surface area contributed by atoms with Gasteiger partial charge in [-0.25, -0.2) is 9.37 Å². The topological polar surface area (TPSA) is 84.2 Å². The van der Waals surface area contributed by atoms with Crippen molar-refractivity contribution in [2.75, 3.05) is 13.2 Å². The van der Waals surface area contributed by atoms with Gasteiger partial charge in [0.05, 0.1) is 24.4 Å². The number of hydrogen-bond acceptors (Lipinski definition) is 4. The van der Waals surface area contributed by atoms with E-state index in [0.29, 0.717) is 23.7 Å². The molecule has 0 aliphatic heterocycles. The fraction of sp³-hybridized carbons (Fsp3) is 0.550. The van der Waals surface area contributed by atoms with Crippen LogP contribution in [-0.2, 0) is 5.54 Å². The van der Waals surface area contributed by atoms with E-state index in [0.717, 1.165) is 12.8 Å². The molecule has 0 aliphatic rings. The monoisotopic (exact) mass is 363 g/mol. The van der Waals surface area contributed by atoms with E-state index in [2.05, 4.69) is 16.9 Å². The Bertz CT molecular complexity index is 685. The molecule has 4 N–H and O–H groups in total. The van der Waals surface area contributed by atoms with Crippen molar-refractivity contribution in [1.29, 1.82) is 0 Å². The number of rotatable bonds is 11. The van der Waals surface area contributed by atoms with Crippen molar-refractivity contribution in [3.63, 3.8) is 0 Å². The van der Waals surface area contributed by atoms with Crippen LogP contribution in [0.4, 0.5) is 4.39 Å². The minimum atomic E-state index is -0.961. The van der Waals surface area contributed by atoms with Gasteiger partial charge in [-0.15, -0.1) is 0 Å². The van der Waals surface area contributed by atoms with E-state index in [1.54, 1.807) is 25.3 Å². The summed E-state index contributed by atoms with van der Waals surface area (Å²) in [5, 5.41) is 9.31. The summed E-state index contributed by atoms with van der Waals surface area (Å²) in [7, 11) is 0. The van der Waals surface area contributed by atoms with Gasteiger partial charge >= 0.3 is 0 Å². The van der Waals surface area contributed by atoms with Crippen LogP contribution >= 0.6 is 0 Å². The minimum absolute atomic E-state index is 0.237. The van der Waals surface area contributed by atoms with Gasteiger partial charge in [0, 0.05) is 11.8 Å². The fourth-order valence-corrected chi connectivity index (χ4v) is 2.68. The molecule has 0 saturated carbocycles. The first-order valence-electron chi connectivity index (χ1n) is 9.36. The number of nitrogens with zero attached hydrogens (tertiary/aromatic N) is 1. The number of halogens is 1. The summed E-state index contributed by atoms with van der Waals surface area (Å²) in [5.74, 6) is 0.312. The second kappa shape index (κ2) is 9.69. The Morgan fingerprint density at radius 3 is 2.65 bits per heavy atom. The number of nitrogens with two attached hydrogens (primary N) is 1. The van der Waals surface area contributed by atoms with Crippen LogP contribution in [0, 0.1) is 5.82 Å². The Morgan fingerprint density at radius 1 is 1.23 bits per heavy atom. The molecule has 2 rings (SSSR count). The van der Waals surface area contributed by atoms with Crippen molar-refractivity contribution in [2.24, 2.45) is 5.73 Å². The van der Waals surface area contributed by atoms with E-state index in [1.165, 1.54) is 31.7 Å². The lowest BCUT2D eigenvalue weighted by Crippen LogP contribution is -2.38. The molecule has 1 atom stereocenters. The highest BCUT2D eigenvalue weighted by Gasteiger charge is 2.24. The molecule has 0 radical (unpaired) electrons. The molecule has 0 aliphatic carbocycles. The molecule has 1 heterocycles. The number of H-pyrrole nitrogens is 1. The normalized spacial score (nSPS) is 13.6. The highest BCUT2D eigenvalue weighted by molar-refractivity contribution is 5.60. The molecule has 0 fully saturated rings. The van der Waals surface area contributed by atoms with E-state index in [4.69, 9.17) is 10.5 Å². The third-order valence-corrected chi connectivity index (χ3v) is 4.43. The molecule has 1 aromatic carbocycles. The number of benzene rings is 1. The predicted octanol–water partition coefficient (Wildman–Crippen LogP) is 4.12. The highest BCUT2D eigenvalue weighted by atomic mass is 19.1. The predicted molar refractivity (Wildman–Crippen MR) is 101 cm³/mol. The molecule has 5 nitrogen and oxygen atoms in total. The second-order valence-corrected chi connectivity index (χ2v) is 6.97. The first-order valence-corrected chi connectivity index (χ1v) is 9.36. The maximum absolute atomic E-state index is 14.3. The molecule has 144 valence electrons. The van der Waals surface area contributed by atoms with E-state index in [9.17, 15) is 9.50 Å². The summed E-state index contributed by atoms with van der Waals surface area (Å²) in [6.07, 6.45) is 8.66. The molecular formula is C20H30FN3O2. The Morgan fingerprint density at radius 2 is 1.96 bits per heavy atom. The van der Waals surface area contributed by atoms with Crippen molar-refractivity contribution in [3.05, 3.63) is 36.0 Å². The Labute approximate surface area is 154 Å². The zero-order valence-electron chi connectivity index (χ0n) is 15.7. The molecule has 26 heavy (non-hydrogen) atoms. The lowest BCUT2D eigenvalue weighted by molar-refractivity contribution is 0.204. The van der Waals surface area contributed by atoms with Gasteiger partial charge in [0.2, 0.25) is 0 Å². The van der Waals surface area contributed by atoms with Crippen molar-refractivity contribution in [2.45, 2.75) is 57.9 Å². The maximum atomic E-state index is 14.3. The van der Waals surface area contributed by atoms with Gasteiger partial charge in [-0.05, 0) is 31.5 Å². The zero-order valence-corrected chi connectivity index (χ0v) is 15.7. The van der Waals surface area contributed by atoms with Crippen LogP contribution in [0.1, 0.15) is 58.2 Å². The summed E-state index contributed by atoms with van der Waals surface area (Å²) in [5.41, 5.74) is 6.20. The first-order chi connectivity index (χ1) is 12.5. The van der Waals surface area contributed by atoms with Crippen molar-refractivity contribution in [3.8, 4) is 17.0 Å². The lowest BCUT2D eigenvalue weighted by atomic mass is 10.1. The molecule has 2 aromatic rings. The fourth-order valence-electron chi connectivity index (χ4n) is 2.68. The van der Waals surface area contributed by atoms with Crippen LogP contribution in [0.5, 0.6) is 5.75 Å². The summed E-state index contributed by atoms with van der Waals surface area (Å²) in [4.78, 5) is 7.30. The number of aliphatic hydroxyl groups excluding tert-OH is 1. The highest BCUT2D eigenvalue weighted by Crippen LogP contribution is 2.26. The number of aromatic amines is 1. The zero-order chi connectivity index (χ0) is 19.0. The second-order valence-electron chi connectivity index (χ2n) is 6.97. The number of nitrogens with one attached hydrogen (secondary N) is 1. The molecule has 0 bridgehead atoms. The van der Waals surface area contributed by atoms with Crippen LogP contribution in [0.25, 0.3) is 11.3 Å². The molecule has 0 spiro atoms. The van der Waals surface area contributed by atoms with Crippen LogP contribution in [0.15, 0.2) is 24.4 Å². The molecular weight excluding hydrogens is 333 g/mol. The number of aromatic nitrogens is 2. The van der Waals surface area contributed by atoms with Crippen LogP contribution < -0.4 is 10.5 Å². The van der Waals surface area contributed by atoms with E-state index in [1.807, 2.05) is 0 Å². The average molecular weight is 363 g/mol. The van der Waals surface area contributed by atoms with E-state index >= 15 is 0 Å². The number of hydrogen-bond donors (Lipinski definition) is 3. The SMILES string of the molecule is CCCCCCCCOc1ccc(-c2c[nH]c([C@@](C)(N)CO)n2)cc1F. The van der Waals surface area contributed by atoms with Crippen LogP contribution in [0.3, 0.4) is 0 Å². The summed E-state index contributed by atoms with van der Waals surface area (Å²) in [6.45, 7) is 4.16. The lowest BCUT2D eigenvalue weighted by Gasteiger charge is -2.18. The molecule has 0 amide bonds. The van der Waals surface area contributed by atoms with Crippen molar-refractivity contribution in [1.82, 2.24) is 9.97 Å². The summed E-state index contributed by atoms with van der Waals surface area (Å²) < 4.78 is 19.8. The van der Waals surface area contributed by atoms with Crippen molar-refractivity contribution < 1.29 is 14.2 Å².